The number of nitrogens with zero attached hydrogens (tertiary/aromatic N) is 1. The maximum Gasteiger partial charge on any atom is 0.416 e. The highest BCUT2D eigenvalue weighted by molar-refractivity contribution is 5.68. The molecule has 2 heterocycles. The number of hydrogen-bond acceptors (Lipinski definition) is 4. The molecule has 0 saturated carbocycles. The van der Waals surface area contributed by atoms with Gasteiger partial charge in [0.2, 0.25) is 0 Å². The summed E-state index contributed by atoms with van der Waals surface area (Å²) in [5, 5.41) is 3.56. The number of piperidine rings is 2. The van der Waals surface area contributed by atoms with E-state index in [0.29, 0.717) is 30.5 Å². The fourth-order valence-corrected chi connectivity index (χ4v) is 5.09. The van der Waals surface area contributed by atoms with Crippen LogP contribution in [-0.2, 0) is 21.2 Å². The smallest absolute Gasteiger partial charge is 0.416 e. The molecule has 2 aliphatic heterocycles. The lowest BCUT2D eigenvalue weighted by Crippen LogP contribution is -2.54. The number of benzene rings is 2. The summed E-state index contributed by atoms with van der Waals surface area (Å²) in [7, 11) is 0. The van der Waals surface area contributed by atoms with Gasteiger partial charge >= 0.3 is 12.3 Å². The van der Waals surface area contributed by atoms with Crippen LogP contribution < -0.4 is 5.32 Å². The third kappa shape index (κ3) is 6.40. The first-order chi connectivity index (χ1) is 17.2. The van der Waals surface area contributed by atoms with Crippen LogP contribution in [0.5, 0.6) is 0 Å². The molecule has 0 radical (unpaired) electrons. The van der Waals surface area contributed by atoms with E-state index in [1.165, 1.54) is 0 Å². The van der Waals surface area contributed by atoms with Gasteiger partial charge in [-0.05, 0) is 69.2 Å². The van der Waals surface area contributed by atoms with Crippen LogP contribution in [0, 0.1) is 6.92 Å². The van der Waals surface area contributed by atoms with Crippen LogP contribution in [0.1, 0.15) is 67.4 Å². The summed E-state index contributed by atoms with van der Waals surface area (Å²) in [5.41, 5.74) is 0.884. The predicted molar refractivity (Wildman–Crippen MR) is 132 cm³/mol. The molecule has 1 amide bonds. The van der Waals surface area contributed by atoms with Crippen LogP contribution in [0.4, 0.5) is 18.0 Å². The molecule has 2 saturated heterocycles. The summed E-state index contributed by atoms with van der Waals surface area (Å²) in [6.45, 7) is 5.68. The topological polar surface area (TPSA) is 50.8 Å². The number of amides is 1. The Kier molecular flexibility index (Phi) is 8.25. The van der Waals surface area contributed by atoms with Crippen LogP contribution in [0.2, 0.25) is 0 Å². The molecule has 2 aromatic rings. The van der Waals surface area contributed by atoms with Crippen molar-refractivity contribution in [2.45, 2.75) is 69.9 Å². The summed E-state index contributed by atoms with van der Waals surface area (Å²) in [4.78, 5) is 14.3. The molecule has 2 aliphatic rings. The Hall–Kier alpha value is -2.58. The van der Waals surface area contributed by atoms with Crippen molar-refractivity contribution in [1.29, 1.82) is 0 Å². The SMILES string of the molecule is Cc1cc([C@@H](C)OC[C@@]2(c3ccccc3)CC[C@H](OC(=O)N3CCCCC3)CN2)cc(C(F)(F)F)c1. The summed E-state index contributed by atoms with van der Waals surface area (Å²) in [5.74, 6) is 0. The Morgan fingerprint density at radius 2 is 1.86 bits per heavy atom. The number of nitrogens with one attached hydrogen (secondary N) is 1. The van der Waals surface area contributed by atoms with Crippen molar-refractivity contribution in [1.82, 2.24) is 10.2 Å². The molecule has 36 heavy (non-hydrogen) atoms. The lowest BCUT2D eigenvalue weighted by atomic mass is 9.82. The summed E-state index contributed by atoms with van der Waals surface area (Å²) in [6, 6.07) is 14.0. The predicted octanol–water partition coefficient (Wildman–Crippen LogP) is 6.36. The second-order valence-corrected chi connectivity index (χ2v) is 10.0. The second kappa shape index (κ2) is 11.2. The molecule has 3 atom stereocenters. The van der Waals surface area contributed by atoms with Gasteiger partial charge in [-0.2, -0.15) is 13.2 Å². The van der Waals surface area contributed by atoms with E-state index >= 15 is 0 Å². The highest BCUT2D eigenvalue weighted by atomic mass is 19.4. The van der Waals surface area contributed by atoms with Gasteiger partial charge in [0.05, 0.1) is 23.8 Å². The first-order valence-electron chi connectivity index (χ1n) is 12.7. The zero-order valence-electron chi connectivity index (χ0n) is 20.9. The number of ether oxygens (including phenoxy) is 2. The van der Waals surface area contributed by atoms with Crippen LogP contribution in [0.15, 0.2) is 48.5 Å². The molecule has 1 N–H and O–H groups in total. The van der Waals surface area contributed by atoms with Gasteiger partial charge in [-0.15, -0.1) is 0 Å². The maximum atomic E-state index is 13.3. The minimum Gasteiger partial charge on any atom is -0.445 e. The Balaban J connectivity index is 1.44. The Bertz CT molecular complexity index is 1010. The lowest BCUT2D eigenvalue weighted by molar-refractivity contribution is -0.137. The van der Waals surface area contributed by atoms with E-state index in [4.69, 9.17) is 9.47 Å². The number of halogens is 3. The van der Waals surface area contributed by atoms with E-state index in [2.05, 4.69) is 5.32 Å². The number of rotatable bonds is 6. The fraction of sp³-hybridized carbons (Fsp3) is 0.536. The molecule has 196 valence electrons. The monoisotopic (exact) mass is 504 g/mol. The van der Waals surface area contributed by atoms with Crippen LogP contribution in [0.25, 0.3) is 0 Å². The van der Waals surface area contributed by atoms with E-state index in [0.717, 1.165) is 50.0 Å². The molecular formula is C28H35F3N2O3. The molecule has 2 fully saturated rings. The molecule has 0 spiro atoms. The van der Waals surface area contributed by atoms with Crippen molar-refractivity contribution in [3.05, 3.63) is 70.8 Å². The summed E-state index contributed by atoms with van der Waals surface area (Å²) >= 11 is 0. The maximum absolute atomic E-state index is 13.3. The van der Waals surface area contributed by atoms with Gasteiger partial charge in [0, 0.05) is 19.6 Å². The van der Waals surface area contributed by atoms with Gasteiger partial charge in [0.25, 0.3) is 0 Å². The van der Waals surface area contributed by atoms with Crippen molar-refractivity contribution in [3.8, 4) is 0 Å². The van der Waals surface area contributed by atoms with Gasteiger partial charge < -0.3 is 19.7 Å². The number of carbonyl (C=O) groups is 1. The van der Waals surface area contributed by atoms with Crippen LogP contribution in [-0.4, -0.2) is 43.3 Å². The van der Waals surface area contributed by atoms with Gasteiger partial charge in [-0.3, -0.25) is 0 Å². The van der Waals surface area contributed by atoms with Crippen LogP contribution >= 0.6 is 0 Å². The zero-order chi connectivity index (χ0) is 25.8. The number of carbonyl (C=O) groups excluding carboxylic acids is 1. The van der Waals surface area contributed by atoms with Crippen molar-refractivity contribution in [2.24, 2.45) is 0 Å². The standard InChI is InChI=1S/C28H35F3N2O3/c1-20-15-22(17-24(16-20)28(29,30)31)21(2)35-19-27(23-9-5-3-6-10-23)12-11-25(18-32-27)36-26(34)33-13-7-4-8-14-33/h3,5-6,9-10,15-17,21,25,32H,4,7-8,11-14,18-19H2,1-2H3/t21-,25+,27-/m1/s1. The minimum absolute atomic E-state index is 0.236. The highest BCUT2D eigenvalue weighted by Gasteiger charge is 2.39. The van der Waals surface area contributed by atoms with E-state index in [1.54, 1.807) is 24.8 Å². The average Bonchev–Trinajstić information content (AvgIpc) is 2.88. The van der Waals surface area contributed by atoms with Gasteiger partial charge in [0.15, 0.2) is 0 Å². The highest BCUT2D eigenvalue weighted by Crippen LogP contribution is 2.35. The molecule has 0 unspecified atom stereocenters. The fourth-order valence-electron chi connectivity index (χ4n) is 5.09. The van der Waals surface area contributed by atoms with Crippen molar-refractivity contribution >= 4 is 6.09 Å². The Morgan fingerprint density at radius 3 is 2.50 bits per heavy atom. The van der Waals surface area contributed by atoms with Crippen molar-refractivity contribution < 1.29 is 27.4 Å². The van der Waals surface area contributed by atoms with Gasteiger partial charge in [-0.1, -0.05) is 42.0 Å². The zero-order valence-corrected chi connectivity index (χ0v) is 20.9. The number of alkyl halides is 3. The quantitative estimate of drug-likeness (QED) is 0.497. The first-order valence-corrected chi connectivity index (χ1v) is 12.7. The second-order valence-electron chi connectivity index (χ2n) is 10.0. The molecular weight excluding hydrogens is 469 g/mol. The van der Waals surface area contributed by atoms with Crippen molar-refractivity contribution in [3.63, 3.8) is 0 Å². The minimum atomic E-state index is -4.41. The normalized spacial score (nSPS) is 23.8. The molecule has 0 aliphatic carbocycles. The Labute approximate surface area is 211 Å². The lowest BCUT2D eigenvalue weighted by Gasteiger charge is -2.42. The summed E-state index contributed by atoms with van der Waals surface area (Å²) in [6.07, 6.45) is -0.914. The average molecular weight is 505 g/mol. The molecule has 5 nitrogen and oxygen atoms in total. The largest absolute Gasteiger partial charge is 0.445 e. The number of likely N-dealkylation sites (tertiary alicyclic amines) is 1. The van der Waals surface area contributed by atoms with Gasteiger partial charge in [-0.25, -0.2) is 4.79 Å². The first kappa shape index (κ1) is 26.5. The van der Waals surface area contributed by atoms with Crippen molar-refractivity contribution in [2.75, 3.05) is 26.2 Å². The van der Waals surface area contributed by atoms with E-state index in [9.17, 15) is 18.0 Å². The number of hydrogen-bond donors (Lipinski definition) is 1. The molecule has 4 rings (SSSR count). The van der Waals surface area contributed by atoms with E-state index in [1.807, 2.05) is 30.3 Å². The molecule has 2 aromatic carbocycles. The third-order valence-electron chi connectivity index (χ3n) is 7.25. The third-order valence-corrected chi connectivity index (χ3v) is 7.25. The molecule has 0 bridgehead atoms. The Morgan fingerprint density at radius 1 is 1.14 bits per heavy atom. The molecule has 8 heteroatoms. The number of aryl methyl sites for hydroxylation is 1. The van der Waals surface area contributed by atoms with Crippen LogP contribution in [0.3, 0.4) is 0 Å². The summed E-state index contributed by atoms with van der Waals surface area (Å²) < 4.78 is 52.0. The molecule has 0 aromatic heterocycles. The van der Waals surface area contributed by atoms with Gasteiger partial charge in [0.1, 0.15) is 6.10 Å². The van der Waals surface area contributed by atoms with E-state index in [-0.39, 0.29) is 18.8 Å². The van der Waals surface area contributed by atoms with E-state index < -0.39 is 23.4 Å².